The van der Waals surface area contributed by atoms with Gasteiger partial charge in [0, 0.05) is 19.2 Å². The second-order valence-corrected chi connectivity index (χ2v) is 5.12. The maximum atomic E-state index is 11.2. The van der Waals surface area contributed by atoms with Gasteiger partial charge in [0.15, 0.2) is 5.82 Å². The standard InChI is InChI=1S/C12H19ClN4O2/c1-4-19-6-10-16-8(13)5-9(17-10)15-7-12(2,3)11(14)18/h5H,4,6-7H2,1-3H3,(H2,14,18)(H,15,16,17). The molecule has 0 aliphatic rings. The van der Waals surface area contributed by atoms with Gasteiger partial charge in [-0.3, -0.25) is 4.79 Å². The molecule has 0 bridgehead atoms. The number of ether oxygens (including phenoxy) is 1. The molecule has 6 nitrogen and oxygen atoms in total. The second kappa shape index (κ2) is 6.68. The lowest BCUT2D eigenvalue weighted by Gasteiger charge is -2.21. The van der Waals surface area contributed by atoms with Crippen LogP contribution in [0.4, 0.5) is 5.82 Å². The van der Waals surface area contributed by atoms with Crippen molar-refractivity contribution in [2.45, 2.75) is 27.4 Å². The molecule has 7 heteroatoms. The maximum Gasteiger partial charge on any atom is 0.224 e. The number of nitrogens with zero attached hydrogens (tertiary/aromatic N) is 2. The van der Waals surface area contributed by atoms with E-state index in [1.807, 2.05) is 6.92 Å². The van der Waals surface area contributed by atoms with Gasteiger partial charge in [0.05, 0.1) is 5.41 Å². The molecule has 0 aliphatic carbocycles. The molecule has 1 aromatic heterocycles. The molecular formula is C12H19ClN4O2. The van der Waals surface area contributed by atoms with Crippen LogP contribution < -0.4 is 11.1 Å². The van der Waals surface area contributed by atoms with Gasteiger partial charge in [0.2, 0.25) is 5.91 Å². The highest BCUT2D eigenvalue weighted by molar-refractivity contribution is 6.29. The summed E-state index contributed by atoms with van der Waals surface area (Å²) in [4.78, 5) is 19.5. The maximum absolute atomic E-state index is 11.2. The molecule has 0 fully saturated rings. The summed E-state index contributed by atoms with van der Waals surface area (Å²) < 4.78 is 5.23. The van der Waals surface area contributed by atoms with E-state index >= 15 is 0 Å². The molecule has 0 atom stereocenters. The molecule has 1 rings (SSSR count). The Morgan fingerprint density at radius 1 is 1.53 bits per heavy atom. The normalized spacial score (nSPS) is 11.4. The van der Waals surface area contributed by atoms with Crippen LogP contribution in [0.2, 0.25) is 5.15 Å². The van der Waals surface area contributed by atoms with Crippen molar-refractivity contribution in [2.75, 3.05) is 18.5 Å². The molecular weight excluding hydrogens is 268 g/mol. The fourth-order valence-electron chi connectivity index (χ4n) is 1.21. The number of anilines is 1. The highest BCUT2D eigenvalue weighted by Gasteiger charge is 2.24. The van der Waals surface area contributed by atoms with Gasteiger partial charge in [0.25, 0.3) is 0 Å². The third-order valence-electron chi connectivity index (χ3n) is 2.55. The molecule has 0 saturated heterocycles. The molecule has 19 heavy (non-hydrogen) atoms. The summed E-state index contributed by atoms with van der Waals surface area (Å²) in [5.74, 6) is 0.660. The average Bonchev–Trinajstić information content (AvgIpc) is 2.33. The van der Waals surface area contributed by atoms with Gasteiger partial charge < -0.3 is 15.8 Å². The fraction of sp³-hybridized carbons (Fsp3) is 0.583. The van der Waals surface area contributed by atoms with E-state index in [0.717, 1.165) is 0 Å². The van der Waals surface area contributed by atoms with E-state index < -0.39 is 5.41 Å². The van der Waals surface area contributed by atoms with Crippen LogP contribution >= 0.6 is 11.6 Å². The molecule has 0 radical (unpaired) electrons. The van der Waals surface area contributed by atoms with Gasteiger partial charge in [-0.15, -0.1) is 0 Å². The van der Waals surface area contributed by atoms with Crippen LogP contribution in [0.3, 0.4) is 0 Å². The van der Waals surface area contributed by atoms with E-state index in [2.05, 4.69) is 15.3 Å². The van der Waals surface area contributed by atoms with Crippen LogP contribution in [0.5, 0.6) is 0 Å². The zero-order chi connectivity index (χ0) is 14.5. The molecule has 0 unspecified atom stereocenters. The van der Waals surface area contributed by atoms with Crippen LogP contribution in [0, 0.1) is 5.41 Å². The Hall–Kier alpha value is -1.40. The number of primary amides is 1. The Morgan fingerprint density at radius 3 is 2.79 bits per heavy atom. The molecule has 0 aliphatic heterocycles. The van der Waals surface area contributed by atoms with Crippen LogP contribution in [0.1, 0.15) is 26.6 Å². The summed E-state index contributed by atoms with van der Waals surface area (Å²) in [6.45, 7) is 6.64. The lowest BCUT2D eigenvalue weighted by atomic mass is 9.93. The third kappa shape index (κ3) is 5.00. The van der Waals surface area contributed by atoms with E-state index in [-0.39, 0.29) is 5.91 Å². The van der Waals surface area contributed by atoms with Crippen LogP contribution in [0.25, 0.3) is 0 Å². The van der Waals surface area contributed by atoms with Crippen molar-refractivity contribution in [1.82, 2.24) is 9.97 Å². The number of hydrogen-bond acceptors (Lipinski definition) is 5. The summed E-state index contributed by atoms with van der Waals surface area (Å²) in [7, 11) is 0. The quantitative estimate of drug-likeness (QED) is 0.743. The highest BCUT2D eigenvalue weighted by Crippen LogP contribution is 2.17. The Bertz CT molecular complexity index is 451. The lowest BCUT2D eigenvalue weighted by Crippen LogP contribution is -2.37. The van der Waals surface area contributed by atoms with E-state index in [9.17, 15) is 4.79 Å². The minimum absolute atomic E-state index is 0.297. The lowest BCUT2D eigenvalue weighted by molar-refractivity contribution is -0.125. The van der Waals surface area contributed by atoms with Crippen LogP contribution in [-0.2, 0) is 16.1 Å². The van der Waals surface area contributed by atoms with Gasteiger partial charge in [-0.2, -0.15) is 0 Å². The SMILES string of the molecule is CCOCc1nc(Cl)cc(NCC(C)(C)C(N)=O)n1. The van der Waals surface area contributed by atoms with Crippen LogP contribution in [0.15, 0.2) is 6.07 Å². The smallest absolute Gasteiger partial charge is 0.224 e. The first-order valence-electron chi connectivity index (χ1n) is 6.00. The Labute approximate surface area is 117 Å². The minimum atomic E-state index is -0.669. The summed E-state index contributed by atoms with van der Waals surface area (Å²) in [6.07, 6.45) is 0. The van der Waals surface area contributed by atoms with Crippen molar-refractivity contribution in [3.63, 3.8) is 0 Å². The van der Waals surface area contributed by atoms with Crippen LogP contribution in [-0.4, -0.2) is 29.0 Å². The summed E-state index contributed by atoms with van der Waals surface area (Å²) in [5.41, 5.74) is 4.63. The number of amides is 1. The fourth-order valence-corrected chi connectivity index (χ4v) is 1.41. The number of halogens is 1. The second-order valence-electron chi connectivity index (χ2n) is 4.73. The van der Waals surface area contributed by atoms with Gasteiger partial charge in [-0.05, 0) is 20.8 Å². The summed E-state index contributed by atoms with van der Waals surface area (Å²) in [5, 5.41) is 3.36. The van der Waals surface area contributed by atoms with E-state index in [1.54, 1.807) is 19.9 Å². The minimum Gasteiger partial charge on any atom is -0.374 e. The summed E-state index contributed by atoms with van der Waals surface area (Å²) in [6, 6.07) is 1.59. The number of hydrogen-bond donors (Lipinski definition) is 2. The van der Waals surface area contributed by atoms with Crippen molar-refractivity contribution in [1.29, 1.82) is 0 Å². The van der Waals surface area contributed by atoms with E-state index in [1.165, 1.54) is 0 Å². The number of rotatable bonds is 7. The molecule has 1 heterocycles. The molecule has 0 saturated carbocycles. The Morgan fingerprint density at radius 2 is 2.21 bits per heavy atom. The first-order chi connectivity index (χ1) is 8.85. The first-order valence-corrected chi connectivity index (χ1v) is 6.38. The topological polar surface area (TPSA) is 90.1 Å². The Balaban J connectivity index is 2.73. The first kappa shape index (κ1) is 15.7. The van der Waals surface area contributed by atoms with Crippen molar-refractivity contribution in [3.8, 4) is 0 Å². The van der Waals surface area contributed by atoms with Crippen molar-refractivity contribution in [3.05, 3.63) is 17.0 Å². The molecule has 0 aromatic carbocycles. The largest absolute Gasteiger partial charge is 0.374 e. The average molecular weight is 287 g/mol. The van der Waals surface area contributed by atoms with Gasteiger partial charge in [-0.25, -0.2) is 9.97 Å². The molecule has 1 amide bonds. The summed E-state index contributed by atoms with van der Waals surface area (Å²) >= 11 is 5.90. The number of aromatic nitrogens is 2. The third-order valence-corrected chi connectivity index (χ3v) is 2.75. The molecule has 106 valence electrons. The molecule has 0 spiro atoms. The monoisotopic (exact) mass is 286 g/mol. The zero-order valence-corrected chi connectivity index (χ0v) is 12.1. The number of carbonyl (C=O) groups is 1. The van der Waals surface area contributed by atoms with Crippen molar-refractivity contribution in [2.24, 2.45) is 11.1 Å². The van der Waals surface area contributed by atoms with Crippen molar-refractivity contribution >= 4 is 23.3 Å². The van der Waals surface area contributed by atoms with E-state index in [0.29, 0.717) is 36.6 Å². The molecule has 1 aromatic rings. The Kier molecular flexibility index (Phi) is 5.50. The van der Waals surface area contributed by atoms with Gasteiger partial charge in [-0.1, -0.05) is 11.6 Å². The van der Waals surface area contributed by atoms with Crippen molar-refractivity contribution < 1.29 is 9.53 Å². The highest BCUT2D eigenvalue weighted by atomic mass is 35.5. The number of nitrogens with two attached hydrogens (primary N) is 1. The zero-order valence-electron chi connectivity index (χ0n) is 11.4. The van der Waals surface area contributed by atoms with Gasteiger partial charge >= 0.3 is 0 Å². The number of carbonyl (C=O) groups excluding carboxylic acids is 1. The van der Waals surface area contributed by atoms with E-state index in [4.69, 9.17) is 22.1 Å². The van der Waals surface area contributed by atoms with Gasteiger partial charge in [0.1, 0.15) is 17.6 Å². The predicted molar refractivity (Wildman–Crippen MR) is 73.8 cm³/mol. The molecule has 3 N–H and O–H groups in total. The predicted octanol–water partition coefficient (Wildman–Crippen LogP) is 1.59. The number of nitrogens with one attached hydrogen (secondary N) is 1.